The van der Waals surface area contributed by atoms with Gasteiger partial charge >= 0.3 is 0 Å². The van der Waals surface area contributed by atoms with Crippen molar-refractivity contribution < 1.29 is 9.32 Å². The Morgan fingerprint density at radius 2 is 2.19 bits per heavy atom. The lowest BCUT2D eigenvalue weighted by Crippen LogP contribution is -2.29. The summed E-state index contributed by atoms with van der Waals surface area (Å²) < 4.78 is 4.92. The fourth-order valence-electron chi connectivity index (χ4n) is 3.06. The second-order valence-corrected chi connectivity index (χ2v) is 8.34. The summed E-state index contributed by atoms with van der Waals surface area (Å²) in [4.78, 5) is 20.1. The predicted molar refractivity (Wildman–Crippen MR) is 109 cm³/mol. The number of anilines is 2. The number of carbonyl (C=O) groups excluding carboxylic acids is 1. The fourth-order valence-corrected chi connectivity index (χ4v) is 4.61. The Bertz CT molecular complexity index is 920. The van der Waals surface area contributed by atoms with Gasteiger partial charge in [-0.15, -0.1) is 23.1 Å². The fraction of sp³-hybridized carbons (Fsp3) is 0.316. The highest BCUT2D eigenvalue weighted by atomic mass is 32.2. The van der Waals surface area contributed by atoms with Gasteiger partial charge in [-0.3, -0.25) is 4.79 Å². The van der Waals surface area contributed by atoms with E-state index in [2.05, 4.69) is 43.9 Å². The minimum Gasteiger partial charge on any atom is -0.367 e. The molecule has 0 atom stereocenters. The smallest absolute Gasteiger partial charge is 0.234 e. The van der Waals surface area contributed by atoms with Crippen LogP contribution in [0.2, 0.25) is 0 Å². The molecule has 4 rings (SSSR count). The number of aryl methyl sites for hydroxylation is 1. The van der Waals surface area contributed by atoms with Crippen LogP contribution in [0.25, 0.3) is 0 Å². The first-order chi connectivity index (χ1) is 13.2. The van der Waals surface area contributed by atoms with Gasteiger partial charge in [0.25, 0.3) is 0 Å². The first-order valence-corrected chi connectivity index (χ1v) is 10.8. The van der Waals surface area contributed by atoms with Crippen molar-refractivity contribution in [2.24, 2.45) is 0 Å². The van der Waals surface area contributed by atoms with Crippen molar-refractivity contribution in [2.75, 3.05) is 22.5 Å². The van der Waals surface area contributed by atoms with Gasteiger partial charge in [-0.2, -0.15) is 4.98 Å². The number of benzene rings is 1. The van der Waals surface area contributed by atoms with Gasteiger partial charge < -0.3 is 14.7 Å². The molecule has 27 heavy (non-hydrogen) atoms. The molecule has 0 unspecified atom stereocenters. The Kier molecular flexibility index (Phi) is 5.45. The number of thioether (sulfide) groups is 1. The van der Waals surface area contributed by atoms with E-state index in [0.717, 1.165) is 25.2 Å². The maximum atomic E-state index is 12.1. The van der Waals surface area contributed by atoms with Crippen molar-refractivity contribution in [1.82, 2.24) is 10.1 Å². The lowest BCUT2D eigenvalue weighted by Gasteiger charge is -2.29. The van der Waals surface area contributed by atoms with Gasteiger partial charge in [-0.05, 0) is 47.7 Å². The summed E-state index contributed by atoms with van der Waals surface area (Å²) in [6.07, 6.45) is 1.10. The minimum absolute atomic E-state index is 0.0335. The molecule has 0 fully saturated rings. The van der Waals surface area contributed by atoms with Crippen molar-refractivity contribution >= 4 is 40.4 Å². The summed E-state index contributed by atoms with van der Waals surface area (Å²) in [6.45, 7) is 3.74. The molecule has 1 aliphatic rings. The summed E-state index contributed by atoms with van der Waals surface area (Å²) in [5.41, 5.74) is 3.43. The number of hydrogen-bond donors (Lipinski definition) is 1. The van der Waals surface area contributed by atoms with E-state index in [1.807, 2.05) is 23.5 Å². The van der Waals surface area contributed by atoms with Gasteiger partial charge in [0.1, 0.15) is 0 Å². The van der Waals surface area contributed by atoms with Gasteiger partial charge in [0.2, 0.25) is 11.8 Å². The average Bonchev–Trinajstić information content (AvgIpc) is 3.30. The van der Waals surface area contributed by atoms with Gasteiger partial charge in [-0.25, -0.2) is 0 Å². The average molecular weight is 401 g/mol. The predicted octanol–water partition coefficient (Wildman–Crippen LogP) is 3.87. The van der Waals surface area contributed by atoms with Gasteiger partial charge in [-0.1, -0.05) is 5.16 Å². The van der Waals surface area contributed by atoms with E-state index in [1.54, 1.807) is 6.92 Å². The second-order valence-electron chi connectivity index (χ2n) is 6.36. The maximum absolute atomic E-state index is 12.1. The number of nitrogens with one attached hydrogen (secondary N) is 1. The van der Waals surface area contributed by atoms with Gasteiger partial charge in [0.15, 0.2) is 5.82 Å². The molecule has 2 aromatic heterocycles. The standard InChI is InChI=1S/C19H20N4O2S2/c1-13-20-18(22-25-13)11-26-12-19(24)21-15-2-4-16(5-3-15)23-8-6-17-14(10-23)7-9-27-17/h2-5,7,9H,6,8,10-12H2,1H3,(H,21,24). The van der Waals surface area contributed by atoms with E-state index in [9.17, 15) is 4.79 Å². The summed E-state index contributed by atoms with van der Waals surface area (Å²) >= 11 is 3.31. The quantitative estimate of drug-likeness (QED) is 0.677. The van der Waals surface area contributed by atoms with Crippen LogP contribution in [-0.4, -0.2) is 28.3 Å². The Morgan fingerprint density at radius 3 is 2.96 bits per heavy atom. The monoisotopic (exact) mass is 400 g/mol. The number of fused-ring (bicyclic) bond motifs is 1. The topological polar surface area (TPSA) is 71.3 Å². The third kappa shape index (κ3) is 4.51. The van der Waals surface area contributed by atoms with Crippen LogP contribution in [0.3, 0.4) is 0 Å². The zero-order valence-corrected chi connectivity index (χ0v) is 16.6. The molecular weight excluding hydrogens is 380 g/mol. The highest BCUT2D eigenvalue weighted by molar-refractivity contribution is 7.99. The molecule has 1 aliphatic heterocycles. The molecule has 3 aromatic rings. The molecule has 1 aromatic carbocycles. The summed E-state index contributed by atoms with van der Waals surface area (Å²) in [5, 5.41) is 8.92. The molecule has 6 nitrogen and oxygen atoms in total. The van der Waals surface area contributed by atoms with E-state index < -0.39 is 0 Å². The first-order valence-electron chi connectivity index (χ1n) is 8.74. The third-order valence-electron chi connectivity index (χ3n) is 4.36. The largest absolute Gasteiger partial charge is 0.367 e. The first kappa shape index (κ1) is 18.1. The number of carbonyl (C=O) groups is 1. The van der Waals surface area contributed by atoms with E-state index in [-0.39, 0.29) is 5.91 Å². The van der Waals surface area contributed by atoms with Crippen LogP contribution in [0.15, 0.2) is 40.2 Å². The lowest BCUT2D eigenvalue weighted by atomic mass is 10.1. The number of hydrogen-bond acceptors (Lipinski definition) is 7. The molecule has 0 spiro atoms. The van der Waals surface area contributed by atoms with Crippen molar-refractivity contribution in [2.45, 2.75) is 25.6 Å². The van der Waals surface area contributed by atoms with E-state index in [1.165, 1.54) is 27.9 Å². The molecular formula is C19H20N4O2S2. The number of thiophene rings is 1. The molecule has 0 saturated carbocycles. The maximum Gasteiger partial charge on any atom is 0.234 e. The zero-order chi connectivity index (χ0) is 18.6. The van der Waals surface area contributed by atoms with E-state index in [4.69, 9.17) is 4.52 Å². The summed E-state index contributed by atoms with van der Waals surface area (Å²) in [7, 11) is 0. The van der Waals surface area contributed by atoms with E-state index >= 15 is 0 Å². The molecule has 8 heteroatoms. The molecule has 0 saturated heterocycles. The van der Waals surface area contributed by atoms with Crippen LogP contribution < -0.4 is 10.2 Å². The van der Waals surface area contributed by atoms with Crippen LogP contribution in [0.1, 0.15) is 22.2 Å². The van der Waals surface area contributed by atoms with Crippen LogP contribution in [-0.2, 0) is 23.5 Å². The molecule has 0 aliphatic carbocycles. The normalized spacial score (nSPS) is 13.4. The number of nitrogens with zero attached hydrogens (tertiary/aromatic N) is 3. The second kappa shape index (κ2) is 8.14. The van der Waals surface area contributed by atoms with Crippen molar-refractivity contribution in [1.29, 1.82) is 0 Å². The van der Waals surface area contributed by atoms with E-state index in [0.29, 0.717) is 23.2 Å². The van der Waals surface area contributed by atoms with Crippen LogP contribution in [0.4, 0.5) is 11.4 Å². The molecule has 1 N–H and O–H groups in total. The molecule has 1 amide bonds. The number of rotatable bonds is 6. The Labute approximate surface area is 166 Å². The highest BCUT2D eigenvalue weighted by Gasteiger charge is 2.17. The van der Waals surface area contributed by atoms with Gasteiger partial charge in [0.05, 0.1) is 11.5 Å². The summed E-state index contributed by atoms with van der Waals surface area (Å²) in [5.74, 6) is 2.03. The SMILES string of the molecule is Cc1nc(CSCC(=O)Nc2ccc(N3CCc4sccc4C3)cc2)no1. The van der Waals surface area contributed by atoms with Crippen LogP contribution >= 0.6 is 23.1 Å². The lowest BCUT2D eigenvalue weighted by molar-refractivity contribution is -0.113. The molecule has 0 bridgehead atoms. The molecule has 3 heterocycles. The minimum atomic E-state index is -0.0335. The summed E-state index contributed by atoms with van der Waals surface area (Å²) in [6, 6.07) is 10.3. The molecule has 140 valence electrons. The molecule has 0 radical (unpaired) electrons. The number of amides is 1. The van der Waals surface area contributed by atoms with Gasteiger partial charge in [0, 0.05) is 36.3 Å². The third-order valence-corrected chi connectivity index (χ3v) is 6.31. The zero-order valence-electron chi connectivity index (χ0n) is 15.0. The Hall–Kier alpha value is -2.32. The van der Waals surface area contributed by atoms with Crippen molar-refractivity contribution in [3.63, 3.8) is 0 Å². The number of aromatic nitrogens is 2. The Balaban J connectivity index is 1.27. The highest BCUT2D eigenvalue weighted by Crippen LogP contribution is 2.28. The Morgan fingerprint density at radius 1 is 1.33 bits per heavy atom. The van der Waals surface area contributed by atoms with Crippen LogP contribution in [0.5, 0.6) is 0 Å². The van der Waals surface area contributed by atoms with Crippen LogP contribution in [0, 0.1) is 6.92 Å². The van der Waals surface area contributed by atoms with Crippen molar-refractivity contribution in [3.8, 4) is 0 Å². The van der Waals surface area contributed by atoms with Crippen molar-refractivity contribution in [3.05, 3.63) is 57.9 Å².